The monoisotopic (exact) mass is 279 g/mol. The van der Waals surface area contributed by atoms with Crippen LogP contribution in [0.5, 0.6) is 0 Å². The van der Waals surface area contributed by atoms with E-state index in [1.807, 2.05) is 6.07 Å². The number of nitrogens with one attached hydrogen (secondary N) is 1. The van der Waals surface area contributed by atoms with Crippen molar-refractivity contribution in [2.45, 2.75) is 63.1 Å². The smallest absolute Gasteiger partial charge is 0.0693 e. The van der Waals surface area contributed by atoms with Crippen LogP contribution >= 0.6 is 11.6 Å². The van der Waals surface area contributed by atoms with Gasteiger partial charge in [-0.05, 0) is 48.9 Å². The number of aliphatic hydroxyl groups excluding tert-OH is 1. The molecule has 0 aliphatic heterocycles. The highest BCUT2D eigenvalue weighted by Crippen LogP contribution is 2.34. The van der Waals surface area contributed by atoms with Crippen LogP contribution in [0.1, 0.15) is 55.7 Å². The first-order valence-electron chi connectivity index (χ1n) is 7.46. The van der Waals surface area contributed by atoms with E-state index >= 15 is 0 Å². The fraction of sp³-hybridized carbons (Fsp3) is 0.625. The van der Waals surface area contributed by atoms with E-state index in [0.29, 0.717) is 6.04 Å². The van der Waals surface area contributed by atoms with Gasteiger partial charge in [0.15, 0.2) is 0 Å². The summed E-state index contributed by atoms with van der Waals surface area (Å²) in [5, 5.41) is 14.7. The number of hydrogen-bond donors (Lipinski definition) is 2. The van der Waals surface area contributed by atoms with Crippen LogP contribution in [0.4, 0.5) is 0 Å². The first kappa shape index (κ1) is 13.4. The van der Waals surface area contributed by atoms with Crippen LogP contribution in [0.3, 0.4) is 0 Å². The number of benzene rings is 1. The third-order valence-corrected chi connectivity index (χ3v) is 4.81. The summed E-state index contributed by atoms with van der Waals surface area (Å²) in [4.78, 5) is 0. The van der Waals surface area contributed by atoms with E-state index in [2.05, 4.69) is 17.4 Å². The van der Waals surface area contributed by atoms with E-state index in [9.17, 15) is 5.11 Å². The molecule has 1 aromatic carbocycles. The number of aliphatic hydroxyl groups is 1. The Morgan fingerprint density at radius 3 is 2.84 bits per heavy atom. The molecule has 1 saturated carbocycles. The van der Waals surface area contributed by atoms with Crippen molar-refractivity contribution >= 4 is 11.6 Å². The Morgan fingerprint density at radius 2 is 1.95 bits per heavy atom. The van der Waals surface area contributed by atoms with Crippen LogP contribution in [0.2, 0.25) is 5.02 Å². The van der Waals surface area contributed by atoms with Crippen molar-refractivity contribution in [3.63, 3.8) is 0 Å². The number of fused-ring (bicyclic) bond motifs is 1. The van der Waals surface area contributed by atoms with Crippen LogP contribution in [-0.4, -0.2) is 17.3 Å². The van der Waals surface area contributed by atoms with Crippen LogP contribution in [0.25, 0.3) is 0 Å². The van der Waals surface area contributed by atoms with E-state index in [1.54, 1.807) is 0 Å². The normalized spacial score (nSPS) is 30.9. The van der Waals surface area contributed by atoms with Crippen molar-refractivity contribution in [1.82, 2.24) is 5.32 Å². The number of aryl methyl sites for hydroxylation is 1. The Hall–Kier alpha value is -0.570. The summed E-state index contributed by atoms with van der Waals surface area (Å²) in [5.41, 5.74) is 2.74. The fourth-order valence-corrected chi connectivity index (χ4v) is 3.69. The van der Waals surface area contributed by atoms with E-state index in [0.717, 1.165) is 37.1 Å². The molecule has 2 aliphatic carbocycles. The van der Waals surface area contributed by atoms with Gasteiger partial charge < -0.3 is 10.4 Å². The summed E-state index contributed by atoms with van der Waals surface area (Å²) in [5.74, 6) is 0. The second kappa shape index (κ2) is 5.82. The molecule has 3 heteroatoms. The molecule has 1 fully saturated rings. The summed E-state index contributed by atoms with van der Waals surface area (Å²) in [7, 11) is 0. The average molecular weight is 280 g/mol. The summed E-state index contributed by atoms with van der Waals surface area (Å²) >= 11 is 6.05. The highest BCUT2D eigenvalue weighted by Gasteiger charge is 2.28. The maximum absolute atomic E-state index is 10.2. The molecular formula is C16H22ClNO. The van der Waals surface area contributed by atoms with Gasteiger partial charge in [-0.1, -0.05) is 36.9 Å². The Bertz CT molecular complexity index is 448. The molecule has 0 saturated heterocycles. The predicted molar refractivity (Wildman–Crippen MR) is 78.5 cm³/mol. The second-order valence-corrected chi connectivity index (χ2v) is 6.35. The van der Waals surface area contributed by atoms with E-state index < -0.39 is 0 Å². The Labute approximate surface area is 120 Å². The Kier molecular flexibility index (Phi) is 4.11. The third-order valence-electron chi connectivity index (χ3n) is 4.58. The molecule has 1 aromatic rings. The number of halogens is 1. The standard InChI is InChI=1S/C16H22ClNO/c17-12-7-8-13-11(10-12)6-9-14(13)18-15-4-2-1-3-5-16(15)19/h7-8,10,14-16,18-19H,1-6,9H2. The average Bonchev–Trinajstić information content (AvgIpc) is 2.67. The third kappa shape index (κ3) is 2.96. The van der Waals surface area contributed by atoms with E-state index in [1.165, 1.54) is 24.0 Å². The van der Waals surface area contributed by atoms with Gasteiger partial charge in [0.05, 0.1) is 6.10 Å². The number of hydrogen-bond acceptors (Lipinski definition) is 2. The molecule has 2 nitrogen and oxygen atoms in total. The SMILES string of the molecule is OC1CCCCCC1NC1CCc2cc(Cl)ccc21. The van der Waals surface area contributed by atoms with Crippen molar-refractivity contribution < 1.29 is 5.11 Å². The summed E-state index contributed by atoms with van der Waals surface area (Å²) in [6.07, 6.45) is 7.73. The van der Waals surface area contributed by atoms with Crippen LogP contribution in [0.15, 0.2) is 18.2 Å². The van der Waals surface area contributed by atoms with Gasteiger partial charge in [-0.2, -0.15) is 0 Å². The highest BCUT2D eigenvalue weighted by atomic mass is 35.5. The van der Waals surface area contributed by atoms with Gasteiger partial charge in [0.25, 0.3) is 0 Å². The van der Waals surface area contributed by atoms with Crippen LogP contribution in [-0.2, 0) is 6.42 Å². The lowest BCUT2D eigenvalue weighted by Gasteiger charge is -2.26. The van der Waals surface area contributed by atoms with Crippen molar-refractivity contribution in [3.8, 4) is 0 Å². The molecular weight excluding hydrogens is 258 g/mol. The zero-order valence-corrected chi connectivity index (χ0v) is 12.0. The van der Waals surface area contributed by atoms with Crippen molar-refractivity contribution in [2.75, 3.05) is 0 Å². The lowest BCUT2D eigenvalue weighted by atomic mass is 10.0. The van der Waals surface area contributed by atoms with E-state index in [-0.39, 0.29) is 12.1 Å². The van der Waals surface area contributed by atoms with Gasteiger partial charge in [-0.15, -0.1) is 0 Å². The predicted octanol–water partition coefficient (Wildman–Crippen LogP) is 3.61. The lowest BCUT2D eigenvalue weighted by Crippen LogP contribution is -2.40. The second-order valence-electron chi connectivity index (χ2n) is 5.91. The molecule has 0 aromatic heterocycles. The molecule has 3 rings (SSSR count). The van der Waals surface area contributed by atoms with Crippen molar-refractivity contribution in [3.05, 3.63) is 34.3 Å². The van der Waals surface area contributed by atoms with Crippen LogP contribution < -0.4 is 5.32 Å². The first-order valence-corrected chi connectivity index (χ1v) is 7.84. The van der Waals surface area contributed by atoms with Gasteiger partial charge in [0.2, 0.25) is 0 Å². The zero-order valence-electron chi connectivity index (χ0n) is 11.2. The highest BCUT2D eigenvalue weighted by molar-refractivity contribution is 6.30. The molecule has 2 aliphatic rings. The molecule has 0 amide bonds. The maximum atomic E-state index is 10.2. The van der Waals surface area contributed by atoms with Gasteiger partial charge in [0, 0.05) is 17.1 Å². The summed E-state index contributed by atoms with van der Waals surface area (Å²) < 4.78 is 0. The Balaban J connectivity index is 1.71. The fourth-order valence-electron chi connectivity index (χ4n) is 3.50. The Morgan fingerprint density at radius 1 is 1.11 bits per heavy atom. The minimum Gasteiger partial charge on any atom is -0.392 e. The number of rotatable bonds is 2. The molecule has 3 unspecified atom stereocenters. The topological polar surface area (TPSA) is 32.3 Å². The minimum absolute atomic E-state index is 0.182. The molecule has 0 spiro atoms. The summed E-state index contributed by atoms with van der Waals surface area (Å²) in [6, 6.07) is 6.86. The molecule has 104 valence electrons. The van der Waals surface area contributed by atoms with Gasteiger partial charge in [-0.25, -0.2) is 0 Å². The first-order chi connectivity index (χ1) is 9.24. The molecule has 0 bridgehead atoms. The van der Waals surface area contributed by atoms with Crippen LogP contribution in [0, 0.1) is 0 Å². The van der Waals surface area contributed by atoms with Crippen molar-refractivity contribution in [2.24, 2.45) is 0 Å². The lowest BCUT2D eigenvalue weighted by molar-refractivity contribution is 0.113. The molecule has 3 atom stereocenters. The largest absolute Gasteiger partial charge is 0.392 e. The zero-order chi connectivity index (χ0) is 13.2. The quantitative estimate of drug-likeness (QED) is 0.811. The maximum Gasteiger partial charge on any atom is 0.0693 e. The molecule has 0 radical (unpaired) electrons. The van der Waals surface area contributed by atoms with Gasteiger partial charge >= 0.3 is 0 Å². The molecule has 19 heavy (non-hydrogen) atoms. The van der Waals surface area contributed by atoms with Gasteiger partial charge in [0.1, 0.15) is 0 Å². The van der Waals surface area contributed by atoms with E-state index in [4.69, 9.17) is 11.6 Å². The minimum atomic E-state index is -0.182. The van der Waals surface area contributed by atoms with Gasteiger partial charge in [-0.3, -0.25) is 0 Å². The molecule has 0 heterocycles. The molecule has 2 N–H and O–H groups in total. The van der Waals surface area contributed by atoms with Crippen molar-refractivity contribution in [1.29, 1.82) is 0 Å². The summed E-state index contributed by atoms with van der Waals surface area (Å²) in [6.45, 7) is 0.